The van der Waals surface area contributed by atoms with Crippen molar-refractivity contribution in [2.24, 2.45) is 10.3 Å². The average molecular weight is 282 g/mol. The van der Waals surface area contributed by atoms with Gasteiger partial charge in [-0.05, 0) is 32.2 Å². The monoisotopic (exact) mass is 282 g/mol. The molecule has 2 atom stereocenters. The molecule has 0 saturated heterocycles. The third-order valence-corrected chi connectivity index (χ3v) is 4.80. The minimum Gasteiger partial charge on any atom is -0.290 e. The largest absolute Gasteiger partial charge is 0.290 e. The summed E-state index contributed by atoms with van der Waals surface area (Å²) in [6.45, 7) is 10.0. The van der Waals surface area contributed by atoms with Crippen molar-refractivity contribution < 1.29 is 0 Å². The Morgan fingerprint density at radius 3 is 2.25 bits per heavy atom. The van der Waals surface area contributed by atoms with Crippen LogP contribution in [0.25, 0.3) is 0 Å². The smallest absolute Gasteiger partial charge is 0.158 e. The van der Waals surface area contributed by atoms with E-state index in [1.807, 2.05) is 0 Å². The number of rotatable bonds is 11. The van der Waals surface area contributed by atoms with Crippen LogP contribution in [0.15, 0.2) is 10.3 Å². The quantitative estimate of drug-likeness (QED) is 0.545. The summed E-state index contributed by atoms with van der Waals surface area (Å²) in [4.78, 5) is 0. The molecule has 0 aromatic carbocycles. The topological polar surface area (TPSA) is 48.8 Å². The molecule has 0 aromatic rings. The van der Waals surface area contributed by atoms with Crippen molar-refractivity contribution >= 4 is 0 Å². The van der Waals surface area contributed by atoms with E-state index in [1.165, 1.54) is 38.5 Å². The molecule has 4 heteroatoms. The van der Waals surface area contributed by atoms with Crippen LogP contribution >= 0.6 is 0 Å². The third kappa shape index (κ3) is 3.72. The van der Waals surface area contributed by atoms with Gasteiger partial charge >= 0.3 is 0 Å². The van der Waals surface area contributed by atoms with E-state index in [1.54, 1.807) is 0 Å². The van der Waals surface area contributed by atoms with Gasteiger partial charge in [-0.1, -0.05) is 65.0 Å². The Morgan fingerprint density at radius 1 is 0.900 bits per heavy atom. The normalized spacial score (nSPS) is 28.8. The predicted molar refractivity (Wildman–Crippen MR) is 85.7 cm³/mol. The van der Waals surface area contributed by atoms with Crippen molar-refractivity contribution in [1.29, 1.82) is 0 Å². The van der Waals surface area contributed by atoms with E-state index < -0.39 is 0 Å². The lowest BCUT2D eigenvalue weighted by Gasteiger charge is -2.42. The first kappa shape index (κ1) is 17.4. The lowest BCUT2D eigenvalue weighted by Crippen LogP contribution is -2.63. The molecule has 0 aliphatic carbocycles. The Hall–Kier alpha value is -0.640. The SMILES string of the molecule is CCCCCCC1(CC)NN=NC1(CC)NCCCC. The second kappa shape index (κ2) is 8.60. The van der Waals surface area contributed by atoms with Gasteiger partial charge in [-0.2, -0.15) is 0 Å². The van der Waals surface area contributed by atoms with E-state index in [0.29, 0.717) is 0 Å². The Balaban J connectivity index is 2.69. The fourth-order valence-electron chi connectivity index (χ4n) is 3.27. The molecule has 0 saturated carbocycles. The van der Waals surface area contributed by atoms with Crippen molar-refractivity contribution in [2.75, 3.05) is 6.54 Å². The van der Waals surface area contributed by atoms with E-state index in [-0.39, 0.29) is 11.2 Å². The van der Waals surface area contributed by atoms with Gasteiger partial charge in [0.05, 0.1) is 5.54 Å². The molecule has 0 fully saturated rings. The molecule has 20 heavy (non-hydrogen) atoms. The summed E-state index contributed by atoms with van der Waals surface area (Å²) in [5, 5.41) is 12.5. The fraction of sp³-hybridized carbons (Fsp3) is 1.00. The maximum atomic E-state index is 4.58. The molecule has 2 N–H and O–H groups in total. The lowest BCUT2D eigenvalue weighted by molar-refractivity contribution is 0.142. The van der Waals surface area contributed by atoms with Crippen molar-refractivity contribution in [1.82, 2.24) is 10.7 Å². The zero-order valence-electron chi connectivity index (χ0n) is 14.0. The molecule has 0 bridgehead atoms. The van der Waals surface area contributed by atoms with E-state index in [2.05, 4.69) is 48.8 Å². The number of nitrogens with zero attached hydrogens (tertiary/aromatic N) is 2. The number of nitrogens with one attached hydrogen (secondary N) is 2. The Morgan fingerprint density at radius 2 is 1.65 bits per heavy atom. The molecule has 0 amide bonds. The molecular formula is C16H34N4. The third-order valence-electron chi connectivity index (χ3n) is 4.80. The van der Waals surface area contributed by atoms with Crippen molar-refractivity contribution in [3.8, 4) is 0 Å². The van der Waals surface area contributed by atoms with Crippen LogP contribution in [0.2, 0.25) is 0 Å². The average Bonchev–Trinajstić information content (AvgIpc) is 2.83. The van der Waals surface area contributed by atoms with Crippen LogP contribution < -0.4 is 10.7 Å². The highest BCUT2D eigenvalue weighted by atomic mass is 15.6. The fourth-order valence-corrected chi connectivity index (χ4v) is 3.27. The second-order valence-corrected chi connectivity index (χ2v) is 6.05. The van der Waals surface area contributed by atoms with Crippen LogP contribution in [0.1, 0.15) is 85.5 Å². The van der Waals surface area contributed by atoms with Crippen LogP contribution in [-0.4, -0.2) is 17.7 Å². The molecule has 1 rings (SSSR count). The maximum absolute atomic E-state index is 4.58. The minimum absolute atomic E-state index is 0.00321. The molecule has 2 unspecified atom stereocenters. The van der Waals surface area contributed by atoms with Crippen LogP contribution in [0.5, 0.6) is 0 Å². The summed E-state index contributed by atoms with van der Waals surface area (Å²) in [7, 11) is 0. The highest BCUT2D eigenvalue weighted by molar-refractivity contribution is 5.09. The van der Waals surface area contributed by atoms with E-state index >= 15 is 0 Å². The first-order chi connectivity index (χ1) is 9.70. The standard InChI is InChI=1S/C16H34N4/c1-5-9-11-12-13-15(7-3)16(8-4,19-20-18-15)17-14-10-6-2/h17H,5-14H2,1-4H3,(H,18,19). The summed E-state index contributed by atoms with van der Waals surface area (Å²) >= 11 is 0. The van der Waals surface area contributed by atoms with E-state index in [0.717, 1.165) is 25.8 Å². The zero-order valence-corrected chi connectivity index (χ0v) is 14.0. The number of hydrogen-bond donors (Lipinski definition) is 2. The highest BCUT2D eigenvalue weighted by Gasteiger charge is 2.52. The predicted octanol–water partition coefficient (Wildman–Crippen LogP) is 4.57. The Labute approximate surface area is 125 Å². The molecule has 118 valence electrons. The van der Waals surface area contributed by atoms with Crippen molar-refractivity contribution in [2.45, 2.75) is 96.7 Å². The second-order valence-electron chi connectivity index (χ2n) is 6.05. The van der Waals surface area contributed by atoms with Crippen LogP contribution in [0.4, 0.5) is 0 Å². The summed E-state index contributed by atoms with van der Waals surface area (Å²) in [5.74, 6) is 0. The number of hydrogen-bond acceptors (Lipinski definition) is 4. The first-order valence-corrected chi connectivity index (χ1v) is 8.64. The van der Waals surface area contributed by atoms with Gasteiger partial charge in [0.25, 0.3) is 0 Å². The molecule has 4 nitrogen and oxygen atoms in total. The van der Waals surface area contributed by atoms with Gasteiger partial charge in [0.1, 0.15) is 0 Å². The maximum Gasteiger partial charge on any atom is 0.158 e. The van der Waals surface area contributed by atoms with E-state index in [9.17, 15) is 0 Å². The molecule has 1 heterocycles. The van der Waals surface area contributed by atoms with Gasteiger partial charge in [0, 0.05) is 0 Å². The molecule has 1 aliphatic rings. The number of unbranched alkanes of at least 4 members (excludes halogenated alkanes) is 4. The van der Waals surface area contributed by atoms with Gasteiger partial charge in [-0.3, -0.25) is 10.7 Å². The molecule has 0 spiro atoms. The van der Waals surface area contributed by atoms with Crippen molar-refractivity contribution in [3.05, 3.63) is 0 Å². The zero-order chi connectivity index (χ0) is 14.9. The van der Waals surface area contributed by atoms with E-state index in [4.69, 9.17) is 0 Å². The molecular weight excluding hydrogens is 248 g/mol. The van der Waals surface area contributed by atoms with Crippen LogP contribution in [0.3, 0.4) is 0 Å². The first-order valence-electron chi connectivity index (χ1n) is 8.64. The van der Waals surface area contributed by atoms with Gasteiger partial charge in [0.2, 0.25) is 0 Å². The van der Waals surface area contributed by atoms with Gasteiger partial charge in [-0.15, -0.1) is 5.11 Å². The lowest BCUT2D eigenvalue weighted by atomic mass is 9.76. The minimum atomic E-state index is -0.205. The molecule has 0 aromatic heterocycles. The Kier molecular flexibility index (Phi) is 7.49. The van der Waals surface area contributed by atoms with Gasteiger partial charge in [0.15, 0.2) is 5.66 Å². The molecule has 1 aliphatic heterocycles. The summed E-state index contributed by atoms with van der Waals surface area (Å²) < 4.78 is 0. The summed E-state index contributed by atoms with van der Waals surface area (Å²) in [5.41, 5.74) is 3.16. The summed E-state index contributed by atoms with van der Waals surface area (Å²) in [6.07, 6.45) is 10.8. The van der Waals surface area contributed by atoms with Crippen molar-refractivity contribution in [3.63, 3.8) is 0 Å². The van der Waals surface area contributed by atoms with Crippen LogP contribution in [0, 0.1) is 0 Å². The molecule has 0 radical (unpaired) electrons. The van der Waals surface area contributed by atoms with Gasteiger partial charge in [-0.25, -0.2) is 0 Å². The highest BCUT2D eigenvalue weighted by Crippen LogP contribution is 2.39. The Bertz CT molecular complexity index is 292. The summed E-state index contributed by atoms with van der Waals surface area (Å²) in [6, 6.07) is 0. The van der Waals surface area contributed by atoms with Crippen LogP contribution in [-0.2, 0) is 0 Å². The van der Waals surface area contributed by atoms with Gasteiger partial charge < -0.3 is 0 Å².